The van der Waals surface area contributed by atoms with Crippen molar-refractivity contribution in [2.45, 2.75) is 25.4 Å². The Kier molecular flexibility index (Phi) is 3.76. The van der Waals surface area contributed by atoms with Crippen molar-refractivity contribution in [3.8, 4) is 0 Å². The fourth-order valence-corrected chi connectivity index (χ4v) is 1.96. The number of carbonyl (C=O) groups excluding carboxylic acids is 1. The second-order valence-electron chi connectivity index (χ2n) is 4.14. The number of pyridine rings is 1. The van der Waals surface area contributed by atoms with Gasteiger partial charge in [-0.1, -0.05) is 0 Å². The minimum Gasteiger partial charge on any atom is -0.481 e. The molecule has 1 saturated heterocycles. The summed E-state index contributed by atoms with van der Waals surface area (Å²) in [6, 6.07) is 3.27. The van der Waals surface area contributed by atoms with E-state index < -0.39 is 12.1 Å². The third-order valence-corrected chi connectivity index (χ3v) is 2.86. The maximum atomic E-state index is 11.7. The lowest BCUT2D eigenvalue weighted by atomic mass is 10.1. The number of nitrogens with zero attached hydrogens (tertiary/aromatic N) is 2. The summed E-state index contributed by atoms with van der Waals surface area (Å²) in [6.45, 7) is 0.628. The van der Waals surface area contributed by atoms with Crippen molar-refractivity contribution in [2.75, 3.05) is 6.61 Å². The molecule has 6 nitrogen and oxygen atoms in total. The van der Waals surface area contributed by atoms with E-state index in [2.05, 4.69) is 4.98 Å². The molecule has 1 amide bonds. The van der Waals surface area contributed by atoms with Crippen LogP contribution in [-0.2, 0) is 16.1 Å². The van der Waals surface area contributed by atoms with Gasteiger partial charge in [0.2, 0.25) is 0 Å². The fraction of sp³-hybridized carbons (Fsp3) is 0.417. The monoisotopic (exact) mass is 250 g/mol. The number of hydrogen-bond acceptors (Lipinski definition) is 4. The normalized spacial score (nSPS) is 19.4. The van der Waals surface area contributed by atoms with Crippen LogP contribution in [0.5, 0.6) is 0 Å². The van der Waals surface area contributed by atoms with Gasteiger partial charge in [-0.05, 0) is 17.7 Å². The number of cyclic esters (lactones) is 1. The average Bonchev–Trinajstić information content (AvgIpc) is 2.34. The Morgan fingerprint density at radius 2 is 2.22 bits per heavy atom. The highest BCUT2D eigenvalue weighted by Gasteiger charge is 2.31. The van der Waals surface area contributed by atoms with Crippen molar-refractivity contribution in [3.63, 3.8) is 0 Å². The highest BCUT2D eigenvalue weighted by molar-refractivity contribution is 5.72. The number of hydrogen-bond donors (Lipinski definition) is 1. The third-order valence-electron chi connectivity index (χ3n) is 2.86. The van der Waals surface area contributed by atoms with E-state index in [-0.39, 0.29) is 19.1 Å². The minimum absolute atomic E-state index is 0.0554. The summed E-state index contributed by atoms with van der Waals surface area (Å²) in [5, 5.41) is 8.85. The van der Waals surface area contributed by atoms with Crippen LogP contribution < -0.4 is 0 Å². The number of carboxylic acid groups (broad SMARTS) is 1. The molecule has 0 aliphatic carbocycles. The van der Waals surface area contributed by atoms with E-state index in [1.807, 2.05) is 0 Å². The van der Waals surface area contributed by atoms with Crippen molar-refractivity contribution >= 4 is 12.1 Å². The molecule has 0 spiro atoms. The summed E-state index contributed by atoms with van der Waals surface area (Å²) in [7, 11) is 0. The van der Waals surface area contributed by atoms with E-state index in [0.29, 0.717) is 13.0 Å². The second-order valence-corrected chi connectivity index (χ2v) is 4.14. The van der Waals surface area contributed by atoms with Gasteiger partial charge in [0.15, 0.2) is 0 Å². The summed E-state index contributed by atoms with van der Waals surface area (Å²) >= 11 is 0. The predicted molar refractivity (Wildman–Crippen MR) is 61.8 cm³/mol. The van der Waals surface area contributed by atoms with Crippen molar-refractivity contribution < 1.29 is 19.4 Å². The number of rotatable bonds is 4. The quantitative estimate of drug-likeness (QED) is 0.870. The molecule has 6 heteroatoms. The molecule has 18 heavy (non-hydrogen) atoms. The summed E-state index contributed by atoms with van der Waals surface area (Å²) < 4.78 is 4.95. The summed E-state index contributed by atoms with van der Waals surface area (Å²) in [5.74, 6) is -0.908. The van der Waals surface area contributed by atoms with E-state index in [0.717, 1.165) is 5.56 Å². The van der Waals surface area contributed by atoms with Crippen molar-refractivity contribution in [2.24, 2.45) is 0 Å². The largest absolute Gasteiger partial charge is 0.481 e. The van der Waals surface area contributed by atoms with Gasteiger partial charge in [-0.25, -0.2) is 4.79 Å². The molecular formula is C12H14N2O4. The van der Waals surface area contributed by atoms with E-state index in [9.17, 15) is 9.59 Å². The standard InChI is InChI=1S/C12H14N2O4/c15-11(16)7-10-3-6-18-12(17)14(10)8-9-1-4-13-5-2-9/h1-2,4-5,10H,3,6-8H2,(H,15,16). The molecule has 1 atom stereocenters. The lowest BCUT2D eigenvalue weighted by molar-refractivity contribution is -0.138. The molecule has 2 rings (SSSR count). The molecule has 0 bridgehead atoms. The maximum absolute atomic E-state index is 11.7. The smallest absolute Gasteiger partial charge is 0.410 e. The van der Waals surface area contributed by atoms with Crippen molar-refractivity contribution in [1.29, 1.82) is 0 Å². The van der Waals surface area contributed by atoms with E-state index >= 15 is 0 Å². The lowest BCUT2D eigenvalue weighted by Gasteiger charge is -2.34. The Hall–Kier alpha value is -2.11. The number of carboxylic acids is 1. The molecule has 1 aromatic rings. The van der Waals surface area contributed by atoms with Crippen LogP contribution in [0.3, 0.4) is 0 Å². The van der Waals surface area contributed by atoms with Gasteiger partial charge in [0.05, 0.1) is 13.0 Å². The number of carbonyl (C=O) groups is 2. The first-order chi connectivity index (χ1) is 8.66. The van der Waals surface area contributed by atoms with Crippen molar-refractivity contribution in [3.05, 3.63) is 30.1 Å². The van der Waals surface area contributed by atoms with Gasteiger partial charge < -0.3 is 14.7 Å². The number of aromatic nitrogens is 1. The molecule has 1 aliphatic heterocycles. The number of amides is 1. The zero-order valence-electron chi connectivity index (χ0n) is 9.78. The first kappa shape index (κ1) is 12.3. The Balaban J connectivity index is 2.10. The van der Waals surface area contributed by atoms with Gasteiger partial charge >= 0.3 is 12.1 Å². The average molecular weight is 250 g/mol. The molecule has 1 aromatic heterocycles. The van der Waals surface area contributed by atoms with Crippen LogP contribution in [-0.4, -0.2) is 39.7 Å². The predicted octanol–water partition coefficient (Wildman–Crippen LogP) is 1.27. The Morgan fingerprint density at radius 1 is 1.50 bits per heavy atom. The maximum Gasteiger partial charge on any atom is 0.410 e. The van der Waals surface area contributed by atoms with Gasteiger partial charge in [-0.3, -0.25) is 9.78 Å². The van der Waals surface area contributed by atoms with Gasteiger partial charge in [0, 0.05) is 31.4 Å². The number of ether oxygens (including phenoxy) is 1. The summed E-state index contributed by atoms with van der Waals surface area (Å²) in [5.41, 5.74) is 0.902. The zero-order valence-corrected chi connectivity index (χ0v) is 9.78. The molecule has 1 N–H and O–H groups in total. The van der Waals surface area contributed by atoms with E-state index in [4.69, 9.17) is 9.84 Å². The van der Waals surface area contributed by atoms with Crippen LogP contribution in [0, 0.1) is 0 Å². The van der Waals surface area contributed by atoms with Crippen LogP contribution in [0.1, 0.15) is 18.4 Å². The molecule has 0 aromatic carbocycles. The number of aliphatic carboxylic acids is 1. The zero-order chi connectivity index (χ0) is 13.0. The van der Waals surface area contributed by atoms with Crippen molar-refractivity contribution in [1.82, 2.24) is 9.88 Å². The lowest BCUT2D eigenvalue weighted by Crippen LogP contribution is -2.46. The molecule has 0 saturated carbocycles. The van der Waals surface area contributed by atoms with Crippen LogP contribution in [0.25, 0.3) is 0 Å². The minimum atomic E-state index is -0.908. The molecule has 1 fully saturated rings. The Labute approximate surface area is 104 Å². The summed E-state index contributed by atoms with van der Waals surface area (Å²) in [6.07, 6.45) is 3.31. The first-order valence-electron chi connectivity index (χ1n) is 5.71. The molecule has 96 valence electrons. The molecule has 1 aliphatic rings. The van der Waals surface area contributed by atoms with Gasteiger partial charge in [-0.15, -0.1) is 0 Å². The van der Waals surface area contributed by atoms with Gasteiger partial charge in [-0.2, -0.15) is 0 Å². The Morgan fingerprint density at radius 3 is 2.89 bits per heavy atom. The molecular weight excluding hydrogens is 236 g/mol. The van der Waals surface area contributed by atoms with Crippen LogP contribution in [0.4, 0.5) is 4.79 Å². The first-order valence-corrected chi connectivity index (χ1v) is 5.71. The Bertz CT molecular complexity index is 435. The van der Waals surface area contributed by atoms with E-state index in [1.54, 1.807) is 24.5 Å². The second kappa shape index (κ2) is 5.48. The molecule has 1 unspecified atom stereocenters. The fourth-order valence-electron chi connectivity index (χ4n) is 1.96. The highest BCUT2D eigenvalue weighted by atomic mass is 16.6. The van der Waals surface area contributed by atoms with Crippen LogP contribution in [0.2, 0.25) is 0 Å². The van der Waals surface area contributed by atoms with Crippen LogP contribution in [0.15, 0.2) is 24.5 Å². The third kappa shape index (κ3) is 2.97. The summed E-state index contributed by atoms with van der Waals surface area (Å²) in [4.78, 5) is 27.8. The van der Waals surface area contributed by atoms with Gasteiger partial charge in [0.1, 0.15) is 0 Å². The van der Waals surface area contributed by atoms with Crippen LogP contribution >= 0.6 is 0 Å². The topological polar surface area (TPSA) is 79.7 Å². The van der Waals surface area contributed by atoms with Gasteiger partial charge in [0.25, 0.3) is 0 Å². The highest BCUT2D eigenvalue weighted by Crippen LogP contribution is 2.19. The molecule has 2 heterocycles. The van der Waals surface area contributed by atoms with E-state index in [1.165, 1.54) is 4.90 Å². The SMILES string of the molecule is O=C(O)CC1CCOC(=O)N1Cc1ccncc1. The molecule has 0 radical (unpaired) electrons.